The molecule has 1 saturated heterocycles. The Bertz CT molecular complexity index is 1310. The van der Waals surface area contributed by atoms with Crippen molar-refractivity contribution in [1.29, 1.82) is 0 Å². The Morgan fingerprint density at radius 3 is 2.62 bits per heavy atom. The highest BCUT2D eigenvalue weighted by Crippen LogP contribution is 2.47. The number of methoxy groups -OCH3 is 1. The monoisotopic (exact) mass is 513 g/mol. The molecule has 0 aromatic heterocycles. The third-order valence-corrected chi connectivity index (χ3v) is 7.82. The average Bonchev–Trinajstić information content (AvgIpc) is 2.84. The molecule has 0 amide bonds. The lowest BCUT2D eigenvalue weighted by Gasteiger charge is -2.44. The topological polar surface area (TPSA) is 169 Å². The maximum absolute atomic E-state index is 13.9. The van der Waals surface area contributed by atoms with Gasteiger partial charge in [-0.25, -0.2) is 0 Å². The van der Waals surface area contributed by atoms with Crippen LogP contribution in [0, 0.1) is 0 Å². The lowest BCUT2D eigenvalue weighted by Crippen LogP contribution is -2.55. The number of phenols is 1. The van der Waals surface area contributed by atoms with Crippen LogP contribution in [0.2, 0.25) is 0 Å². The molecule has 1 heterocycles. The zero-order valence-corrected chi connectivity index (χ0v) is 20.8. The van der Waals surface area contributed by atoms with E-state index in [1.165, 1.54) is 20.1 Å². The van der Waals surface area contributed by atoms with Crippen LogP contribution < -0.4 is 10.5 Å². The summed E-state index contributed by atoms with van der Waals surface area (Å²) in [5.74, 6) is -1.18. The summed E-state index contributed by atoms with van der Waals surface area (Å²) in [4.78, 5) is 27.7. The standard InChI is InChI=1S/C27H31NO9/c1-11-23(30)16(28)8-19(36-11)37-18-10-27(34,12(2)29)9-15-21(18)26(33)22-14(24(15)31)7-13-5-4-6-17(35-3)20(13)25(22)32/h4-7,11-12,16,18-19,23,29-30,32,34H,8-10,28H2,1-3H3/t11-,12?,16-,18-,19-,23+,27-/m0/s1. The number of ketones is 2. The first kappa shape index (κ1) is 25.8. The molecule has 2 aromatic rings. The SMILES string of the molecule is COc1cccc2cc3c(c(O)c12)C(=O)C1=C(C[C@@](O)(C(C)O)C[C@@H]1O[C@H]1C[C@H](N)[C@H](O)[C@H](C)O1)C3=O. The van der Waals surface area contributed by atoms with Crippen molar-refractivity contribution in [2.75, 3.05) is 7.11 Å². The summed E-state index contributed by atoms with van der Waals surface area (Å²) in [5, 5.41) is 43.8. The van der Waals surface area contributed by atoms with Gasteiger partial charge in [0.2, 0.25) is 0 Å². The lowest BCUT2D eigenvalue weighted by molar-refractivity contribution is -0.242. The number of phenolic OH excluding ortho intramolecular Hbond substituents is 1. The number of carbonyl (C=O) groups excluding carboxylic acids is 2. The van der Waals surface area contributed by atoms with Gasteiger partial charge in [-0.05, 0) is 31.4 Å². The zero-order valence-electron chi connectivity index (χ0n) is 20.8. The number of fused-ring (bicyclic) bond motifs is 2. The third kappa shape index (κ3) is 4.04. The molecule has 5 rings (SSSR count). The van der Waals surface area contributed by atoms with Crippen LogP contribution in [0.15, 0.2) is 35.4 Å². The van der Waals surface area contributed by atoms with Crippen LogP contribution >= 0.6 is 0 Å². The van der Waals surface area contributed by atoms with Crippen LogP contribution in [0.4, 0.5) is 0 Å². The van der Waals surface area contributed by atoms with Gasteiger partial charge in [0.25, 0.3) is 0 Å². The smallest absolute Gasteiger partial charge is 0.196 e. The molecule has 0 saturated carbocycles. The summed E-state index contributed by atoms with van der Waals surface area (Å²) in [7, 11) is 1.44. The number of aromatic hydroxyl groups is 1. The van der Waals surface area contributed by atoms with E-state index in [-0.39, 0.29) is 47.3 Å². The van der Waals surface area contributed by atoms with Crippen molar-refractivity contribution in [2.24, 2.45) is 5.73 Å². The molecule has 7 atom stereocenters. The number of nitrogens with two attached hydrogens (primary N) is 1. The maximum atomic E-state index is 13.9. The number of aliphatic hydroxyl groups excluding tert-OH is 2. The Morgan fingerprint density at radius 1 is 1.24 bits per heavy atom. The van der Waals surface area contributed by atoms with Crippen LogP contribution in [0.1, 0.15) is 53.8 Å². The van der Waals surface area contributed by atoms with E-state index in [9.17, 15) is 30.0 Å². The van der Waals surface area contributed by atoms with E-state index >= 15 is 0 Å². The van der Waals surface area contributed by atoms with E-state index in [1.807, 2.05) is 0 Å². The fourth-order valence-corrected chi connectivity index (χ4v) is 5.65. The second-order valence-electron chi connectivity index (χ2n) is 10.2. The van der Waals surface area contributed by atoms with E-state index in [0.717, 1.165) is 0 Å². The first-order valence-electron chi connectivity index (χ1n) is 12.3. The van der Waals surface area contributed by atoms with Gasteiger partial charge in [-0.15, -0.1) is 0 Å². The molecule has 0 bridgehead atoms. The van der Waals surface area contributed by atoms with E-state index in [4.69, 9.17) is 19.9 Å². The molecule has 198 valence electrons. The maximum Gasteiger partial charge on any atom is 0.196 e. The Kier molecular flexibility index (Phi) is 6.38. The molecule has 37 heavy (non-hydrogen) atoms. The molecular formula is C27H31NO9. The summed E-state index contributed by atoms with van der Waals surface area (Å²) >= 11 is 0. The highest BCUT2D eigenvalue weighted by molar-refractivity contribution is 6.30. The molecule has 10 heteroatoms. The molecule has 10 nitrogen and oxygen atoms in total. The Labute approximate surface area is 213 Å². The van der Waals surface area contributed by atoms with Crippen molar-refractivity contribution in [3.8, 4) is 11.5 Å². The van der Waals surface area contributed by atoms with E-state index in [0.29, 0.717) is 16.5 Å². The number of Topliss-reactive ketones (excluding diaryl/α,β-unsaturated/α-hetero) is 2. The van der Waals surface area contributed by atoms with Gasteiger partial charge in [-0.3, -0.25) is 9.59 Å². The van der Waals surface area contributed by atoms with Gasteiger partial charge >= 0.3 is 0 Å². The minimum absolute atomic E-state index is 0.00304. The van der Waals surface area contributed by atoms with Gasteiger partial charge in [0, 0.05) is 42.0 Å². The van der Waals surface area contributed by atoms with Crippen molar-refractivity contribution >= 4 is 22.3 Å². The number of aliphatic hydroxyl groups is 3. The highest BCUT2D eigenvalue weighted by Gasteiger charge is 2.50. The second kappa shape index (κ2) is 9.16. The highest BCUT2D eigenvalue weighted by atomic mass is 16.7. The zero-order chi connectivity index (χ0) is 26.8. The first-order valence-corrected chi connectivity index (χ1v) is 12.3. The summed E-state index contributed by atoms with van der Waals surface area (Å²) in [6.45, 7) is 3.04. The quantitative estimate of drug-likeness (QED) is 0.402. The van der Waals surface area contributed by atoms with Crippen LogP contribution in [-0.4, -0.2) is 81.5 Å². The van der Waals surface area contributed by atoms with Crippen molar-refractivity contribution in [3.05, 3.63) is 46.5 Å². The number of ether oxygens (including phenoxy) is 3. The number of hydrogen-bond donors (Lipinski definition) is 5. The molecule has 0 radical (unpaired) electrons. The van der Waals surface area contributed by atoms with Gasteiger partial charge < -0.3 is 40.4 Å². The summed E-state index contributed by atoms with van der Waals surface area (Å²) < 4.78 is 17.2. The van der Waals surface area contributed by atoms with Gasteiger partial charge in [0.1, 0.15) is 11.5 Å². The lowest BCUT2D eigenvalue weighted by atomic mass is 9.69. The largest absolute Gasteiger partial charge is 0.506 e. The number of benzene rings is 2. The van der Waals surface area contributed by atoms with Gasteiger partial charge in [0.15, 0.2) is 17.9 Å². The number of hydrogen-bond acceptors (Lipinski definition) is 10. The normalized spacial score (nSPS) is 32.8. The van der Waals surface area contributed by atoms with Crippen LogP contribution in [0.5, 0.6) is 11.5 Å². The van der Waals surface area contributed by atoms with Crippen LogP contribution in [0.3, 0.4) is 0 Å². The summed E-state index contributed by atoms with van der Waals surface area (Å²) in [6, 6.07) is 5.92. The van der Waals surface area contributed by atoms with Crippen molar-refractivity contribution in [3.63, 3.8) is 0 Å². The van der Waals surface area contributed by atoms with Crippen LogP contribution in [-0.2, 0) is 9.47 Å². The molecule has 1 fully saturated rings. The predicted molar refractivity (Wildman–Crippen MR) is 132 cm³/mol. The van der Waals surface area contributed by atoms with E-state index < -0.39 is 53.9 Å². The third-order valence-electron chi connectivity index (χ3n) is 7.82. The fraction of sp³-hybridized carbons (Fsp3) is 0.481. The fourth-order valence-electron chi connectivity index (χ4n) is 5.65. The molecular weight excluding hydrogens is 482 g/mol. The molecule has 1 unspecified atom stereocenters. The minimum atomic E-state index is -1.75. The van der Waals surface area contributed by atoms with Crippen molar-refractivity contribution < 1.29 is 44.2 Å². The van der Waals surface area contributed by atoms with Gasteiger partial charge in [-0.2, -0.15) is 0 Å². The average molecular weight is 514 g/mol. The molecule has 3 aliphatic rings. The Hall–Kier alpha value is -2.86. The van der Waals surface area contributed by atoms with E-state index in [1.54, 1.807) is 25.1 Å². The second-order valence-corrected chi connectivity index (χ2v) is 10.2. The van der Waals surface area contributed by atoms with Crippen LogP contribution in [0.25, 0.3) is 10.8 Å². The number of rotatable bonds is 4. The summed E-state index contributed by atoms with van der Waals surface area (Å²) in [5.41, 5.74) is 4.15. The minimum Gasteiger partial charge on any atom is -0.506 e. The molecule has 1 aliphatic heterocycles. The van der Waals surface area contributed by atoms with Crippen molar-refractivity contribution in [1.82, 2.24) is 0 Å². The Balaban J connectivity index is 1.63. The summed E-state index contributed by atoms with van der Waals surface area (Å²) in [6.07, 6.45) is -5.19. The van der Waals surface area contributed by atoms with E-state index in [2.05, 4.69) is 0 Å². The molecule has 2 aliphatic carbocycles. The first-order chi connectivity index (χ1) is 17.5. The predicted octanol–water partition coefficient (Wildman–Crippen LogP) is 1.34. The van der Waals surface area contributed by atoms with Crippen molar-refractivity contribution in [2.45, 2.75) is 75.5 Å². The molecule has 2 aromatic carbocycles. The number of carbonyl (C=O) groups is 2. The van der Waals surface area contributed by atoms with Gasteiger partial charge in [0.05, 0.1) is 48.1 Å². The molecule has 6 N–H and O–H groups in total. The Morgan fingerprint density at radius 2 is 1.97 bits per heavy atom. The van der Waals surface area contributed by atoms with Gasteiger partial charge in [-0.1, -0.05) is 12.1 Å². The molecule has 0 spiro atoms.